The first kappa shape index (κ1) is 17.5. The second kappa shape index (κ2) is 13.3. The van der Waals surface area contributed by atoms with E-state index < -0.39 is 182 Å². The van der Waals surface area contributed by atoms with Crippen molar-refractivity contribution in [3.63, 3.8) is 0 Å². The van der Waals surface area contributed by atoms with Gasteiger partial charge in [-0.1, -0.05) is 163 Å². The van der Waals surface area contributed by atoms with Gasteiger partial charge >= 0.3 is 0 Å². The van der Waals surface area contributed by atoms with Gasteiger partial charge in [0.25, 0.3) is 0 Å². The van der Waals surface area contributed by atoms with Crippen molar-refractivity contribution < 1.29 is 33.2 Å². The van der Waals surface area contributed by atoms with Crippen LogP contribution in [0.3, 0.4) is 0 Å². The number of para-hydroxylation sites is 1. The maximum atomic E-state index is 10.0. The van der Waals surface area contributed by atoms with Crippen molar-refractivity contribution in [3.05, 3.63) is 188 Å². The molecule has 11 rings (SSSR count). The van der Waals surface area contributed by atoms with Crippen molar-refractivity contribution in [2.45, 2.75) is 0 Å². The van der Waals surface area contributed by atoms with E-state index in [0.29, 0.717) is 11.1 Å². The number of thiophene rings is 1. The molecule has 262 valence electrons. The molecule has 0 spiro atoms. The molecule has 3 heterocycles. The summed E-state index contributed by atoms with van der Waals surface area (Å²) in [4.78, 5) is 14.1. The summed E-state index contributed by atoms with van der Waals surface area (Å²) in [6.07, 6.45) is 0. The molecule has 0 saturated heterocycles. The zero-order valence-corrected chi connectivity index (χ0v) is 29.2. The molecule has 0 N–H and O–H groups in total. The lowest BCUT2D eigenvalue weighted by Crippen LogP contribution is -1.99. The zero-order valence-electron chi connectivity index (χ0n) is 49.4. The molecule has 3 aromatic heterocycles. The van der Waals surface area contributed by atoms with Gasteiger partial charge in [-0.3, -0.25) is 0 Å². The predicted molar refractivity (Wildman–Crippen MR) is 233 cm³/mol. The molecule has 56 heavy (non-hydrogen) atoms. The maximum absolute atomic E-state index is 10.0. The van der Waals surface area contributed by atoms with Crippen molar-refractivity contribution in [2.75, 3.05) is 0 Å². The summed E-state index contributed by atoms with van der Waals surface area (Å²) in [5.74, 6) is 0.216. The van der Waals surface area contributed by atoms with Crippen LogP contribution in [0, 0.1) is 0 Å². The fourth-order valence-electron chi connectivity index (χ4n) is 6.32. The van der Waals surface area contributed by atoms with Gasteiger partial charge in [0.15, 0.2) is 17.5 Å². The Morgan fingerprint density at radius 3 is 1.75 bits per heavy atom. The molecule has 0 amide bonds. The average Bonchev–Trinajstić information content (AvgIpc) is 4.17. The molecule has 0 atom stereocenters. The third kappa shape index (κ3) is 5.56. The van der Waals surface area contributed by atoms with Crippen LogP contribution in [0.25, 0.3) is 110 Å². The van der Waals surface area contributed by atoms with E-state index >= 15 is 0 Å². The minimum Gasteiger partial charge on any atom is -0.455 e. The SMILES string of the molecule is [2H]c1c([2H])c([2H])c(-c2c([2H])c([2H])c(-c3c([2H])c(-c4c([2H])c([2H])c([2H])c5c4sc4c([2H])c(-c6nc(-c7ccccc7)nc(-c7ccccc7)n6)c([2H])c([2H])c45)c([2H])c4c3oc3c([2H])c([2H])c([2H])c([2H])c34)c([2H])c2[2H])c([2H])c1[2H]. The second-order valence-corrected chi connectivity index (χ2v) is 13.3. The quantitative estimate of drug-likeness (QED) is 0.170. The number of rotatable bonds is 6. The van der Waals surface area contributed by atoms with Crippen LogP contribution in [-0.4, -0.2) is 15.0 Å². The number of nitrogens with zero attached hydrogens (tertiary/aromatic N) is 3. The van der Waals surface area contributed by atoms with Crippen molar-refractivity contribution in [3.8, 4) is 67.5 Å². The second-order valence-electron chi connectivity index (χ2n) is 12.3. The van der Waals surface area contributed by atoms with Crippen LogP contribution >= 0.6 is 11.3 Å². The number of furan rings is 1. The summed E-state index contributed by atoms with van der Waals surface area (Å²) in [6, 6.07) is 1.56. The summed E-state index contributed by atoms with van der Waals surface area (Å²) >= 11 is 0.726. The Morgan fingerprint density at radius 1 is 0.411 bits per heavy atom. The summed E-state index contributed by atoms with van der Waals surface area (Å²) in [6.45, 7) is 0. The normalized spacial score (nSPS) is 16.8. The fraction of sp³-hybridized carbons (Fsp3) is 0. The number of aromatic nitrogens is 3. The van der Waals surface area contributed by atoms with E-state index in [0.717, 1.165) is 11.3 Å². The van der Waals surface area contributed by atoms with Crippen LogP contribution in [0.2, 0.25) is 0 Å². The minimum atomic E-state index is -0.954. The molecule has 5 heteroatoms. The smallest absolute Gasteiger partial charge is 0.164 e. The average molecular weight is 755 g/mol. The first-order valence-electron chi connectivity index (χ1n) is 27.5. The molecule has 0 bridgehead atoms. The lowest BCUT2D eigenvalue weighted by atomic mass is 9.94. The minimum absolute atomic E-state index is 0.0521. The fourth-order valence-corrected chi connectivity index (χ4v) is 7.44. The topological polar surface area (TPSA) is 51.8 Å². The summed E-state index contributed by atoms with van der Waals surface area (Å²) in [5, 5.41) is -1.27. The first-order chi connectivity index (χ1) is 36.5. The van der Waals surface area contributed by atoms with E-state index in [1.807, 2.05) is 0 Å². The molecule has 0 aliphatic rings. The van der Waals surface area contributed by atoms with E-state index in [4.69, 9.17) is 23.1 Å². The van der Waals surface area contributed by atoms with Gasteiger partial charge in [-0.25, -0.2) is 15.0 Å². The van der Waals surface area contributed by atoms with Crippen molar-refractivity contribution >= 4 is 53.4 Å². The Kier molecular flexibility index (Phi) is 4.15. The summed E-state index contributed by atoms with van der Waals surface area (Å²) < 4.78 is 196. The van der Waals surface area contributed by atoms with Gasteiger partial charge in [-0.05, 0) is 52.0 Å². The maximum Gasteiger partial charge on any atom is 0.164 e. The largest absolute Gasteiger partial charge is 0.455 e. The highest BCUT2D eigenvalue weighted by Gasteiger charge is 2.19. The van der Waals surface area contributed by atoms with E-state index in [9.17, 15) is 15.1 Å². The number of benzene rings is 8. The third-order valence-corrected chi connectivity index (χ3v) is 10.0. The van der Waals surface area contributed by atoms with Gasteiger partial charge in [-0.2, -0.15) is 0 Å². The van der Waals surface area contributed by atoms with Crippen LogP contribution < -0.4 is 0 Å². The van der Waals surface area contributed by atoms with Crippen LogP contribution in [0.5, 0.6) is 0 Å². The summed E-state index contributed by atoms with van der Waals surface area (Å²) in [5.41, 5.74) is -3.96. The van der Waals surface area contributed by atoms with Crippen LogP contribution in [-0.2, 0) is 0 Å². The monoisotopic (exact) mass is 754 g/mol. The van der Waals surface area contributed by atoms with E-state index in [2.05, 4.69) is 9.97 Å². The van der Waals surface area contributed by atoms with Gasteiger partial charge in [0.05, 0.1) is 28.8 Å². The van der Waals surface area contributed by atoms with Gasteiger partial charge in [0.2, 0.25) is 0 Å². The van der Waals surface area contributed by atoms with E-state index in [1.54, 1.807) is 60.7 Å². The molecule has 0 saturated carbocycles. The molecule has 0 unspecified atom stereocenters. The number of fused-ring (bicyclic) bond motifs is 6. The summed E-state index contributed by atoms with van der Waals surface area (Å²) in [7, 11) is 0. The van der Waals surface area contributed by atoms with Crippen molar-refractivity contribution in [1.82, 2.24) is 15.0 Å². The van der Waals surface area contributed by atoms with Crippen LogP contribution in [0.4, 0.5) is 0 Å². The highest BCUT2D eigenvalue weighted by atomic mass is 32.1. The predicted octanol–water partition coefficient (Wildman–Crippen LogP) is 14.1. The Labute approximate surface area is 356 Å². The van der Waals surface area contributed by atoms with Crippen molar-refractivity contribution in [2.24, 2.45) is 0 Å². The molecular weight excluding hydrogens is 703 g/mol. The van der Waals surface area contributed by atoms with E-state index in [-0.39, 0.29) is 43.2 Å². The number of hydrogen-bond donors (Lipinski definition) is 0. The molecule has 0 fully saturated rings. The third-order valence-electron chi connectivity index (χ3n) is 8.92. The lowest BCUT2D eigenvalue weighted by molar-refractivity contribution is 0.670. The lowest BCUT2D eigenvalue weighted by Gasteiger charge is -2.10. The molecule has 0 radical (unpaired) electrons. The molecule has 8 aromatic carbocycles. The van der Waals surface area contributed by atoms with Crippen LogP contribution in [0.15, 0.2) is 192 Å². The van der Waals surface area contributed by atoms with Crippen LogP contribution in [0.1, 0.15) is 28.8 Å². The van der Waals surface area contributed by atoms with E-state index in [1.165, 1.54) is 0 Å². The van der Waals surface area contributed by atoms with Crippen molar-refractivity contribution in [1.29, 1.82) is 0 Å². The Balaban J connectivity index is 1.27. The molecule has 11 aromatic rings. The molecule has 0 aliphatic carbocycles. The number of hydrogen-bond acceptors (Lipinski definition) is 5. The highest BCUT2D eigenvalue weighted by Crippen LogP contribution is 2.45. The standard InChI is InChI=1S/C51H31N3OS/c1-4-13-32(14-5-1)33-23-25-34(26-24-33)43-29-38(30-44-40-19-10-11-22-45(40)55-47(43)44)39-20-12-21-42-41-28-27-37(31-46(41)56-48(39)42)51-53-49(35-15-6-2-7-16-35)52-50(54-51)36-17-8-3-9-18-36/h1-31H/i1D,4D,5D,10D,11D,12D,13D,14D,19D,20D,21D,22D,23D,24D,25D,26D,27D,28D,29D,30D,31D. The van der Waals surface area contributed by atoms with Gasteiger partial charge in [-0.15, -0.1) is 11.3 Å². The zero-order chi connectivity index (χ0) is 55.3. The molecular formula is C51H31N3OS. The Morgan fingerprint density at radius 2 is 1.02 bits per heavy atom. The van der Waals surface area contributed by atoms with Gasteiger partial charge < -0.3 is 4.42 Å². The Bertz CT molecular complexity index is 4360. The van der Waals surface area contributed by atoms with Gasteiger partial charge in [0, 0.05) is 53.2 Å². The molecule has 0 aliphatic heterocycles. The molecule has 4 nitrogen and oxygen atoms in total. The highest BCUT2D eigenvalue weighted by molar-refractivity contribution is 7.26. The van der Waals surface area contributed by atoms with Gasteiger partial charge in [0.1, 0.15) is 11.2 Å². The Hall–Kier alpha value is -7.21. The first-order valence-corrected chi connectivity index (χ1v) is 17.8.